The predicted octanol–water partition coefficient (Wildman–Crippen LogP) is 7.34. The van der Waals surface area contributed by atoms with Gasteiger partial charge in [-0.05, 0) is 12.8 Å². The highest BCUT2D eigenvalue weighted by Crippen LogP contribution is 2.24. The summed E-state index contributed by atoms with van der Waals surface area (Å²) in [5.74, 6) is -1.97. The summed E-state index contributed by atoms with van der Waals surface area (Å²) in [7, 11) is -4.59. The third-order valence-electron chi connectivity index (χ3n) is 9.69. The van der Waals surface area contributed by atoms with E-state index in [1.807, 2.05) is 0 Å². The second kappa shape index (κ2) is 30.9. The van der Waals surface area contributed by atoms with E-state index < -0.39 is 71.2 Å². The molecule has 6 atom stereocenters. The molecule has 1 fully saturated rings. The van der Waals surface area contributed by atoms with Crippen LogP contribution in [0.2, 0.25) is 0 Å². The minimum Gasteiger partial charge on any atom is -0.462 e. The van der Waals surface area contributed by atoms with Gasteiger partial charge in [-0.1, -0.05) is 155 Å². The third-order valence-corrected chi connectivity index (χ3v) is 10.4. The summed E-state index contributed by atoms with van der Waals surface area (Å²) in [5.41, 5.74) is 0. The van der Waals surface area contributed by atoms with Gasteiger partial charge in [0.05, 0.1) is 6.61 Å². The van der Waals surface area contributed by atoms with E-state index in [0.29, 0.717) is 12.8 Å². The monoisotopic (exact) mass is 766 g/mol. The molecule has 13 heteroatoms. The number of carbonyl (C=O) groups excluding carboxylic acids is 2. The van der Waals surface area contributed by atoms with Crippen LogP contribution in [0.15, 0.2) is 0 Å². The molecule has 0 radical (unpaired) electrons. The smallest absolute Gasteiger partial charge is 0.306 e. The van der Waals surface area contributed by atoms with E-state index in [2.05, 4.69) is 13.8 Å². The van der Waals surface area contributed by atoms with Gasteiger partial charge in [-0.15, -0.1) is 0 Å². The first-order valence-electron chi connectivity index (χ1n) is 20.6. The lowest BCUT2D eigenvalue weighted by molar-refractivity contribution is -0.297. The van der Waals surface area contributed by atoms with Crippen LogP contribution < -0.4 is 0 Å². The van der Waals surface area contributed by atoms with Crippen molar-refractivity contribution in [3.05, 3.63) is 0 Å². The zero-order valence-electron chi connectivity index (χ0n) is 32.4. The summed E-state index contributed by atoms with van der Waals surface area (Å²) in [6.07, 6.45) is 18.9. The van der Waals surface area contributed by atoms with Crippen LogP contribution in [-0.2, 0) is 38.7 Å². The zero-order chi connectivity index (χ0) is 38.5. The molecule has 4 N–H and O–H groups in total. The number of aliphatic hydroxyl groups is 3. The van der Waals surface area contributed by atoms with Crippen molar-refractivity contribution < 1.29 is 56.8 Å². The first-order valence-corrected chi connectivity index (χ1v) is 22.2. The average molecular weight is 767 g/mol. The molecule has 308 valence electrons. The topological polar surface area (TPSA) is 186 Å². The summed E-state index contributed by atoms with van der Waals surface area (Å²) in [6.45, 7) is 3.72. The number of rotatable bonds is 34. The maximum Gasteiger partial charge on any atom is 0.306 e. The highest BCUT2D eigenvalue weighted by atomic mass is 32.2. The van der Waals surface area contributed by atoms with Gasteiger partial charge in [0.2, 0.25) is 0 Å². The summed E-state index contributed by atoms with van der Waals surface area (Å²) >= 11 is 0. The van der Waals surface area contributed by atoms with Crippen molar-refractivity contribution in [2.75, 3.05) is 19.0 Å². The van der Waals surface area contributed by atoms with Crippen LogP contribution in [0.1, 0.15) is 181 Å². The van der Waals surface area contributed by atoms with Gasteiger partial charge in [0.15, 0.2) is 12.4 Å². The number of unbranched alkanes of at least 4 members (excludes halogenated alkanes) is 22. The molecule has 0 aromatic heterocycles. The molecule has 0 aromatic carbocycles. The fourth-order valence-corrected chi connectivity index (χ4v) is 7.13. The fraction of sp³-hybridized carbons (Fsp3) is 0.949. The average Bonchev–Trinajstić information content (AvgIpc) is 3.10. The van der Waals surface area contributed by atoms with Gasteiger partial charge in [0.25, 0.3) is 10.1 Å². The van der Waals surface area contributed by atoms with Crippen molar-refractivity contribution in [2.24, 2.45) is 0 Å². The molecule has 1 saturated heterocycles. The van der Waals surface area contributed by atoms with E-state index in [4.69, 9.17) is 18.9 Å². The number of esters is 2. The van der Waals surface area contributed by atoms with E-state index in [-0.39, 0.29) is 19.4 Å². The standard InChI is InChI=1S/C39H74O12S/c1-3-5-7-9-11-13-14-15-16-17-18-19-20-22-23-25-27-34(40)48-29-32(50-35(41)28-26-24-21-12-10-8-6-4-2)30-49-39-38(44)37(43)36(42)33(51-39)31-52(45,46)47/h32-33,36-39,42-44H,3-31H2,1-2H3,(H,45,46,47)/t32-,33-,36-,37?,38?,39+/m1/s1. The molecule has 0 bridgehead atoms. The van der Waals surface area contributed by atoms with Crippen LogP contribution in [0.25, 0.3) is 0 Å². The van der Waals surface area contributed by atoms with Crippen LogP contribution in [0.4, 0.5) is 0 Å². The fourth-order valence-electron chi connectivity index (χ4n) is 6.44. The van der Waals surface area contributed by atoms with Gasteiger partial charge in [0.1, 0.15) is 36.8 Å². The largest absolute Gasteiger partial charge is 0.462 e. The van der Waals surface area contributed by atoms with Gasteiger partial charge in [-0.3, -0.25) is 14.1 Å². The lowest BCUT2D eigenvalue weighted by Crippen LogP contribution is -2.60. The van der Waals surface area contributed by atoms with Crippen molar-refractivity contribution in [2.45, 2.75) is 218 Å². The molecule has 1 aliphatic heterocycles. The number of aliphatic hydroxyl groups excluding tert-OH is 3. The van der Waals surface area contributed by atoms with E-state index >= 15 is 0 Å². The Morgan fingerprint density at radius 1 is 0.577 bits per heavy atom. The molecule has 1 rings (SSSR count). The molecular weight excluding hydrogens is 692 g/mol. The Bertz CT molecular complexity index is 994. The van der Waals surface area contributed by atoms with Crippen molar-refractivity contribution >= 4 is 22.1 Å². The molecule has 0 spiro atoms. The van der Waals surface area contributed by atoms with E-state index in [1.54, 1.807) is 0 Å². The Morgan fingerprint density at radius 3 is 1.40 bits per heavy atom. The minimum atomic E-state index is -4.59. The van der Waals surface area contributed by atoms with Crippen molar-refractivity contribution in [1.29, 1.82) is 0 Å². The van der Waals surface area contributed by atoms with Crippen molar-refractivity contribution in [3.63, 3.8) is 0 Å². The highest BCUT2D eigenvalue weighted by molar-refractivity contribution is 7.85. The summed E-state index contributed by atoms with van der Waals surface area (Å²) in [5, 5.41) is 30.7. The summed E-state index contributed by atoms with van der Waals surface area (Å²) < 4.78 is 53.8. The number of hydrogen-bond acceptors (Lipinski definition) is 11. The quantitative estimate of drug-likeness (QED) is 0.0291. The number of carbonyl (C=O) groups is 2. The first kappa shape index (κ1) is 48.7. The molecule has 2 unspecified atom stereocenters. The molecular formula is C39H74O12S. The van der Waals surface area contributed by atoms with Crippen LogP contribution in [0, 0.1) is 0 Å². The van der Waals surface area contributed by atoms with Crippen LogP contribution in [0.3, 0.4) is 0 Å². The maximum atomic E-state index is 12.7. The zero-order valence-corrected chi connectivity index (χ0v) is 33.2. The molecule has 52 heavy (non-hydrogen) atoms. The van der Waals surface area contributed by atoms with Gasteiger partial charge < -0.3 is 34.3 Å². The SMILES string of the molecule is CCCCCCCCCCCCCCCCCCC(=O)OC[C@H](CO[C@H]1O[C@H](CS(=O)(=O)O)[C@@H](O)C(O)C1O)OC(=O)CCCCCCCCCC. The minimum absolute atomic E-state index is 0.169. The molecule has 0 amide bonds. The second-order valence-corrected chi connectivity index (χ2v) is 16.2. The van der Waals surface area contributed by atoms with Crippen LogP contribution in [-0.4, -0.2) is 96.0 Å². The molecule has 12 nitrogen and oxygen atoms in total. The molecule has 0 saturated carbocycles. The van der Waals surface area contributed by atoms with Gasteiger partial charge in [0, 0.05) is 12.8 Å². The molecule has 1 aliphatic rings. The predicted molar refractivity (Wildman–Crippen MR) is 201 cm³/mol. The van der Waals surface area contributed by atoms with E-state index in [0.717, 1.165) is 38.5 Å². The van der Waals surface area contributed by atoms with E-state index in [1.165, 1.54) is 103 Å². The highest BCUT2D eigenvalue weighted by Gasteiger charge is 2.46. The molecule has 0 aromatic rings. The van der Waals surface area contributed by atoms with Gasteiger partial charge >= 0.3 is 11.9 Å². The van der Waals surface area contributed by atoms with Gasteiger partial charge in [-0.25, -0.2) is 0 Å². The Balaban J connectivity index is 2.43. The molecule has 1 heterocycles. The number of ether oxygens (including phenoxy) is 4. The third kappa shape index (κ3) is 25.6. The summed E-state index contributed by atoms with van der Waals surface area (Å²) in [4.78, 5) is 25.2. The maximum absolute atomic E-state index is 12.7. The second-order valence-electron chi connectivity index (χ2n) is 14.7. The Labute approximate surface area is 314 Å². The van der Waals surface area contributed by atoms with Crippen molar-refractivity contribution in [1.82, 2.24) is 0 Å². The summed E-state index contributed by atoms with van der Waals surface area (Å²) in [6, 6.07) is 0. The van der Waals surface area contributed by atoms with Crippen LogP contribution >= 0.6 is 0 Å². The Kier molecular flexibility index (Phi) is 28.9. The first-order chi connectivity index (χ1) is 25.0. The lowest BCUT2D eigenvalue weighted by atomic mass is 10.00. The van der Waals surface area contributed by atoms with E-state index in [9.17, 15) is 37.9 Å². The normalized spacial score (nSPS) is 21.2. The van der Waals surface area contributed by atoms with Crippen molar-refractivity contribution in [3.8, 4) is 0 Å². The van der Waals surface area contributed by atoms with Crippen LogP contribution in [0.5, 0.6) is 0 Å². The lowest BCUT2D eigenvalue weighted by Gasteiger charge is -2.40. The van der Waals surface area contributed by atoms with Gasteiger partial charge in [-0.2, -0.15) is 8.42 Å². The Morgan fingerprint density at radius 2 is 0.981 bits per heavy atom. The Hall–Kier alpha value is -1.35. The molecule has 0 aliphatic carbocycles. The number of hydrogen-bond donors (Lipinski definition) is 4.